The smallest absolute Gasteiger partial charge is 0.211 e. The molecular weight excluding hydrogens is 250 g/mol. The first-order valence-electron chi connectivity index (χ1n) is 6.36. The van der Waals surface area contributed by atoms with E-state index in [1.807, 2.05) is 44.2 Å². The molecule has 0 unspecified atom stereocenters. The van der Waals surface area contributed by atoms with E-state index in [9.17, 15) is 4.79 Å². The Morgan fingerprint density at radius 1 is 1.25 bits per heavy atom. The molecule has 2 rings (SSSR count). The van der Waals surface area contributed by atoms with Gasteiger partial charge >= 0.3 is 0 Å². The summed E-state index contributed by atoms with van der Waals surface area (Å²) in [6.07, 6.45) is 2.45. The minimum absolute atomic E-state index is 0.674. The third-order valence-corrected chi connectivity index (χ3v) is 3.11. The summed E-state index contributed by atoms with van der Waals surface area (Å²) in [6, 6.07) is 9.72. The topological polar surface area (TPSA) is 54.4 Å². The zero-order chi connectivity index (χ0) is 14.5. The normalized spacial score (nSPS) is 11.2. The molecule has 0 saturated carbocycles. The van der Waals surface area contributed by atoms with Crippen molar-refractivity contribution in [2.24, 2.45) is 4.99 Å². The van der Waals surface area contributed by atoms with Crippen LogP contribution in [0.15, 0.2) is 41.5 Å². The van der Waals surface area contributed by atoms with Crippen molar-refractivity contribution in [2.75, 3.05) is 12.4 Å². The predicted octanol–water partition coefficient (Wildman–Crippen LogP) is 2.73. The van der Waals surface area contributed by atoms with Crippen LogP contribution in [0.2, 0.25) is 0 Å². The highest BCUT2D eigenvalue weighted by Crippen LogP contribution is 2.19. The van der Waals surface area contributed by atoms with Gasteiger partial charge in [-0.25, -0.2) is 0 Å². The third-order valence-electron chi connectivity index (χ3n) is 3.11. The molecule has 0 saturated heterocycles. The molecule has 0 fully saturated rings. The number of hydrogen-bond donors (Lipinski definition) is 1. The number of carbonyl (C=O) groups is 1. The van der Waals surface area contributed by atoms with E-state index in [2.05, 4.69) is 15.3 Å². The van der Waals surface area contributed by atoms with Crippen LogP contribution in [-0.2, 0) is 4.79 Å². The number of pyridine rings is 1. The fourth-order valence-corrected chi connectivity index (χ4v) is 2.13. The summed E-state index contributed by atoms with van der Waals surface area (Å²) in [5.74, 6) is 0. The fourth-order valence-electron chi connectivity index (χ4n) is 2.13. The maximum absolute atomic E-state index is 10.6. The number of amides is 1. The van der Waals surface area contributed by atoms with Crippen LogP contribution in [-0.4, -0.2) is 24.2 Å². The van der Waals surface area contributed by atoms with Gasteiger partial charge in [0.15, 0.2) is 0 Å². The molecule has 1 amide bonds. The predicted molar refractivity (Wildman–Crippen MR) is 81.4 cm³/mol. The van der Waals surface area contributed by atoms with Crippen molar-refractivity contribution in [3.8, 4) is 0 Å². The lowest BCUT2D eigenvalue weighted by atomic mass is 9.97. The molecular formula is C16H17N3O. The van der Waals surface area contributed by atoms with Crippen molar-refractivity contribution < 1.29 is 4.79 Å². The number of hydrogen-bond acceptors (Lipinski definition) is 3. The Morgan fingerprint density at radius 2 is 2.05 bits per heavy atom. The monoisotopic (exact) mass is 267 g/mol. The van der Waals surface area contributed by atoms with E-state index >= 15 is 0 Å². The molecule has 4 heteroatoms. The molecule has 1 N–H and O–H groups in total. The first-order chi connectivity index (χ1) is 9.65. The molecule has 0 radical (unpaired) electrons. The van der Waals surface area contributed by atoms with Gasteiger partial charge in [-0.1, -0.05) is 6.07 Å². The van der Waals surface area contributed by atoms with Gasteiger partial charge in [0.25, 0.3) is 0 Å². The zero-order valence-corrected chi connectivity index (χ0v) is 11.8. The van der Waals surface area contributed by atoms with Crippen molar-refractivity contribution in [3.05, 3.63) is 58.9 Å². The van der Waals surface area contributed by atoms with Crippen molar-refractivity contribution in [2.45, 2.75) is 13.8 Å². The van der Waals surface area contributed by atoms with Gasteiger partial charge in [-0.2, -0.15) is 0 Å². The van der Waals surface area contributed by atoms with Crippen molar-refractivity contribution in [1.29, 1.82) is 0 Å². The standard InChI is InChI=1S/C16H17N3O/c1-11-4-5-14(19-10-20)9-15(11)16(17-3)13-6-7-18-12(2)8-13/h4-10H,1-3H3,(H,19,20). The lowest BCUT2D eigenvalue weighted by Crippen LogP contribution is -2.07. The van der Waals surface area contributed by atoms with E-state index in [4.69, 9.17) is 0 Å². The Labute approximate surface area is 118 Å². The first kappa shape index (κ1) is 13.9. The maximum atomic E-state index is 10.6. The van der Waals surface area contributed by atoms with Gasteiger partial charge in [-0.3, -0.25) is 14.8 Å². The van der Waals surface area contributed by atoms with Crippen molar-refractivity contribution in [1.82, 2.24) is 4.98 Å². The number of aromatic nitrogens is 1. The quantitative estimate of drug-likeness (QED) is 0.684. The second-order valence-electron chi connectivity index (χ2n) is 4.55. The van der Waals surface area contributed by atoms with Crippen molar-refractivity contribution >= 4 is 17.8 Å². The van der Waals surface area contributed by atoms with Crippen LogP contribution in [0.1, 0.15) is 22.4 Å². The number of nitrogens with one attached hydrogen (secondary N) is 1. The molecule has 2 aromatic rings. The second kappa shape index (κ2) is 6.10. The maximum Gasteiger partial charge on any atom is 0.211 e. The average molecular weight is 267 g/mol. The Balaban J connectivity index is 2.52. The number of nitrogens with zero attached hydrogens (tertiary/aromatic N) is 2. The third kappa shape index (κ3) is 2.91. The van der Waals surface area contributed by atoms with E-state index < -0.39 is 0 Å². The Hall–Kier alpha value is -2.49. The fraction of sp³-hybridized carbons (Fsp3) is 0.188. The second-order valence-corrected chi connectivity index (χ2v) is 4.55. The van der Waals surface area contributed by atoms with Crippen LogP contribution in [0.5, 0.6) is 0 Å². The van der Waals surface area contributed by atoms with Gasteiger partial charge in [-0.15, -0.1) is 0 Å². The molecule has 0 aliphatic heterocycles. The summed E-state index contributed by atoms with van der Waals surface area (Å²) < 4.78 is 0. The highest BCUT2D eigenvalue weighted by Gasteiger charge is 2.10. The molecule has 0 bridgehead atoms. The molecule has 0 atom stereocenters. The van der Waals surface area contributed by atoms with Crippen LogP contribution < -0.4 is 5.32 Å². The first-order valence-corrected chi connectivity index (χ1v) is 6.36. The Kier molecular flexibility index (Phi) is 4.25. The zero-order valence-electron chi connectivity index (χ0n) is 11.8. The molecule has 0 aliphatic carbocycles. The summed E-state index contributed by atoms with van der Waals surface area (Å²) in [5, 5.41) is 2.67. The molecule has 0 spiro atoms. The number of rotatable bonds is 4. The van der Waals surface area contributed by atoms with Crippen molar-refractivity contribution in [3.63, 3.8) is 0 Å². The molecule has 1 aromatic carbocycles. The van der Waals surface area contributed by atoms with Crippen LogP contribution in [0.25, 0.3) is 0 Å². The largest absolute Gasteiger partial charge is 0.329 e. The lowest BCUT2D eigenvalue weighted by molar-refractivity contribution is -0.105. The molecule has 20 heavy (non-hydrogen) atoms. The van der Waals surface area contributed by atoms with Gasteiger partial charge in [0.05, 0.1) is 5.71 Å². The number of aryl methyl sites for hydroxylation is 2. The number of carbonyl (C=O) groups excluding carboxylic acids is 1. The summed E-state index contributed by atoms with van der Waals surface area (Å²) >= 11 is 0. The van der Waals surface area contributed by atoms with Crippen LogP contribution >= 0.6 is 0 Å². The van der Waals surface area contributed by atoms with Gasteiger partial charge in [0, 0.05) is 35.8 Å². The SMILES string of the molecule is CN=C(c1ccnc(C)c1)c1cc(NC=O)ccc1C. The lowest BCUT2D eigenvalue weighted by Gasteiger charge is -2.12. The summed E-state index contributed by atoms with van der Waals surface area (Å²) in [6.45, 7) is 3.98. The number of benzene rings is 1. The summed E-state index contributed by atoms with van der Waals surface area (Å²) in [5.41, 5.74) is 5.73. The van der Waals surface area contributed by atoms with E-state index in [0.717, 1.165) is 33.8 Å². The molecule has 0 aliphatic rings. The molecule has 1 heterocycles. The highest BCUT2D eigenvalue weighted by atomic mass is 16.1. The highest BCUT2D eigenvalue weighted by molar-refractivity contribution is 6.14. The number of aliphatic imine (C=N–C) groups is 1. The van der Waals surface area contributed by atoms with E-state index in [-0.39, 0.29) is 0 Å². The minimum atomic E-state index is 0.674. The van der Waals surface area contributed by atoms with E-state index in [1.165, 1.54) is 0 Å². The summed E-state index contributed by atoms with van der Waals surface area (Å²) in [7, 11) is 1.77. The van der Waals surface area contributed by atoms with Gasteiger partial charge in [0.2, 0.25) is 6.41 Å². The Morgan fingerprint density at radius 3 is 2.70 bits per heavy atom. The number of anilines is 1. The van der Waals surface area contributed by atoms with Gasteiger partial charge in [0.1, 0.15) is 0 Å². The van der Waals surface area contributed by atoms with E-state index in [1.54, 1.807) is 13.2 Å². The van der Waals surface area contributed by atoms with Crippen LogP contribution in [0.3, 0.4) is 0 Å². The van der Waals surface area contributed by atoms with Gasteiger partial charge in [-0.05, 0) is 43.7 Å². The Bertz CT molecular complexity index is 663. The van der Waals surface area contributed by atoms with Crippen LogP contribution in [0.4, 0.5) is 5.69 Å². The van der Waals surface area contributed by atoms with E-state index in [0.29, 0.717) is 6.41 Å². The van der Waals surface area contributed by atoms with Crippen LogP contribution in [0, 0.1) is 13.8 Å². The summed E-state index contributed by atoms with van der Waals surface area (Å²) in [4.78, 5) is 19.2. The minimum Gasteiger partial charge on any atom is -0.329 e. The average Bonchev–Trinajstić information content (AvgIpc) is 2.43. The van der Waals surface area contributed by atoms with Gasteiger partial charge < -0.3 is 5.32 Å². The molecule has 102 valence electrons. The molecule has 1 aromatic heterocycles. The molecule has 4 nitrogen and oxygen atoms in total.